The van der Waals surface area contributed by atoms with E-state index >= 15 is 0 Å². The fourth-order valence-corrected chi connectivity index (χ4v) is 5.79. The smallest absolute Gasteiger partial charge is 0.265 e. The summed E-state index contributed by atoms with van der Waals surface area (Å²) < 4.78 is 0. The van der Waals surface area contributed by atoms with Gasteiger partial charge in [0.05, 0.1) is 22.7 Å². The number of nitrogens with one attached hydrogen (secondary N) is 1. The van der Waals surface area contributed by atoms with Crippen LogP contribution in [0.25, 0.3) is 0 Å². The van der Waals surface area contributed by atoms with E-state index in [1.807, 2.05) is 30.3 Å². The number of hydrogen-bond acceptors (Lipinski definition) is 4. The molecule has 3 aromatic rings. The van der Waals surface area contributed by atoms with Crippen LogP contribution in [0.15, 0.2) is 66.7 Å². The second-order valence-corrected chi connectivity index (χ2v) is 9.77. The van der Waals surface area contributed by atoms with Crippen LogP contribution in [0, 0.1) is 0 Å². The van der Waals surface area contributed by atoms with Gasteiger partial charge < -0.3 is 10.4 Å². The van der Waals surface area contributed by atoms with Crippen molar-refractivity contribution in [3.63, 3.8) is 0 Å². The summed E-state index contributed by atoms with van der Waals surface area (Å²) in [4.78, 5) is 29.0. The Balaban J connectivity index is 1.64. The molecule has 2 aliphatic heterocycles. The van der Waals surface area contributed by atoms with Crippen LogP contribution in [0.4, 0.5) is 11.4 Å². The van der Waals surface area contributed by atoms with Crippen LogP contribution in [0.1, 0.15) is 47.7 Å². The van der Waals surface area contributed by atoms with E-state index in [2.05, 4.69) is 12.2 Å². The Bertz CT molecular complexity index is 1310. The van der Waals surface area contributed by atoms with Crippen LogP contribution in [-0.4, -0.2) is 23.3 Å². The molecule has 5 rings (SSSR count). The van der Waals surface area contributed by atoms with Gasteiger partial charge in [-0.05, 0) is 42.8 Å². The summed E-state index contributed by atoms with van der Waals surface area (Å²) in [6.07, 6.45) is 1.06. The summed E-state index contributed by atoms with van der Waals surface area (Å²) in [5, 5.41) is 16.1. The number of halogens is 2. The molecule has 0 aromatic heterocycles. The number of carbonyl (C=O) groups is 2. The first-order valence-corrected chi connectivity index (χ1v) is 12.1. The third-order valence-corrected chi connectivity index (χ3v) is 7.45. The van der Waals surface area contributed by atoms with Gasteiger partial charge in [-0.15, -0.1) is 0 Å². The largest absolute Gasteiger partial charge is 0.382 e. The number of para-hydroxylation sites is 1. The maximum Gasteiger partial charge on any atom is 0.265 e. The number of benzene rings is 3. The molecule has 34 heavy (non-hydrogen) atoms. The fraction of sp³-hybridized carbons (Fsp3) is 0.259. The fourth-order valence-electron chi connectivity index (χ4n) is 5.38. The van der Waals surface area contributed by atoms with Crippen LogP contribution in [0.5, 0.6) is 0 Å². The highest BCUT2D eigenvalue weighted by Crippen LogP contribution is 2.53. The molecule has 3 aromatic carbocycles. The van der Waals surface area contributed by atoms with E-state index in [0.717, 1.165) is 17.7 Å². The average molecular weight is 495 g/mol. The first-order chi connectivity index (χ1) is 16.3. The van der Waals surface area contributed by atoms with Crippen molar-refractivity contribution in [2.45, 2.75) is 37.3 Å². The standard InChI is InChI=1S/C27H24Cl2N2O3/c1-2-13-26(16-30-22-12-11-17(28)14-20(22)26)31-23-10-6-4-8-19(23)27(34,25(31)33)15-24(32)18-7-3-5-9-21(18)29/h3-12,14,30,34H,2,13,15-16H2,1H3. The van der Waals surface area contributed by atoms with Crippen molar-refractivity contribution in [2.75, 3.05) is 16.8 Å². The summed E-state index contributed by atoms with van der Waals surface area (Å²) in [6, 6.07) is 19.4. The van der Waals surface area contributed by atoms with Crippen LogP contribution < -0.4 is 10.2 Å². The minimum absolute atomic E-state index is 0.282. The van der Waals surface area contributed by atoms with Gasteiger partial charge in [-0.2, -0.15) is 0 Å². The number of Topliss-reactive ketones (excluding diaryl/α,β-unsaturated/α-hetero) is 1. The summed E-state index contributed by atoms with van der Waals surface area (Å²) in [5.41, 5.74) is 0.368. The maximum absolute atomic E-state index is 14.1. The molecule has 0 saturated heterocycles. The van der Waals surface area contributed by atoms with Gasteiger partial charge in [0.15, 0.2) is 11.4 Å². The first kappa shape index (κ1) is 22.9. The Morgan fingerprint density at radius 2 is 1.79 bits per heavy atom. The van der Waals surface area contributed by atoms with Crippen molar-refractivity contribution < 1.29 is 14.7 Å². The number of anilines is 2. The molecule has 174 valence electrons. The Kier molecular flexibility index (Phi) is 5.67. The predicted molar refractivity (Wildman–Crippen MR) is 135 cm³/mol. The first-order valence-electron chi connectivity index (χ1n) is 11.3. The Morgan fingerprint density at radius 1 is 1.06 bits per heavy atom. The number of rotatable bonds is 6. The lowest BCUT2D eigenvalue weighted by Crippen LogP contribution is -2.53. The number of amides is 1. The van der Waals surface area contributed by atoms with Gasteiger partial charge in [0.2, 0.25) is 0 Å². The van der Waals surface area contributed by atoms with E-state index in [-0.39, 0.29) is 10.6 Å². The molecule has 7 heteroatoms. The normalized spacial score (nSPS) is 22.9. The highest BCUT2D eigenvalue weighted by Gasteiger charge is 2.58. The molecule has 2 N–H and O–H groups in total. The molecule has 0 saturated carbocycles. The molecule has 2 atom stereocenters. The van der Waals surface area contributed by atoms with Crippen molar-refractivity contribution in [1.82, 2.24) is 0 Å². The van der Waals surface area contributed by atoms with Crippen molar-refractivity contribution in [1.29, 1.82) is 0 Å². The third-order valence-electron chi connectivity index (χ3n) is 6.88. The quantitative estimate of drug-likeness (QED) is 0.417. The van der Waals surface area contributed by atoms with Crippen LogP contribution in [-0.2, 0) is 15.9 Å². The van der Waals surface area contributed by atoms with Gasteiger partial charge in [-0.25, -0.2) is 0 Å². The molecule has 0 radical (unpaired) electrons. The lowest BCUT2D eigenvalue weighted by atomic mass is 9.84. The summed E-state index contributed by atoms with van der Waals surface area (Å²) >= 11 is 12.6. The van der Waals surface area contributed by atoms with E-state index in [0.29, 0.717) is 29.2 Å². The van der Waals surface area contributed by atoms with Gasteiger partial charge in [0.25, 0.3) is 5.91 Å². The number of fused-ring (bicyclic) bond motifs is 2. The van der Waals surface area contributed by atoms with E-state index in [9.17, 15) is 14.7 Å². The van der Waals surface area contributed by atoms with Gasteiger partial charge in [-0.1, -0.05) is 66.9 Å². The van der Waals surface area contributed by atoms with Gasteiger partial charge in [0, 0.05) is 33.9 Å². The summed E-state index contributed by atoms with van der Waals surface area (Å²) in [5.74, 6) is -0.909. The SMILES string of the molecule is CCCC1(N2C(=O)C(O)(CC(=O)c3ccccc3Cl)c3ccccc32)CNc2ccc(Cl)cc21. The van der Waals surface area contributed by atoms with Gasteiger partial charge in [0.1, 0.15) is 0 Å². The van der Waals surface area contributed by atoms with Gasteiger partial charge >= 0.3 is 0 Å². The monoisotopic (exact) mass is 494 g/mol. The zero-order chi connectivity index (χ0) is 24.1. The Morgan fingerprint density at radius 3 is 2.56 bits per heavy atom. The molecule has 0 bridgehead atoms. The molecule has 2 unspecified atom stereocenters. The molecule has 0 spiro atoms. The maximum atomic E-state index is 14.1. The zero-order valence-electron chi connectivity index (χ0n) is 18.6. The van der Waals surface area contributed by atoms with Crippen molar-refractivity contribution in [3.05, 3.63) is 93.5 Å². The number of carbonyl (C=O) groups excluding carboxylic acids is 2. The average Bonchev–Trinajstić information content (AvgIpc) is 3.28. The summed E-state index contributed by atoms with van der Waals surface area (Å²) in [7, 11) is 0. The molecule has 1 amide bonds. The van der Waals surface area contributed by atoms with Crippen molar-refractivity contribution >= 4 is 46.3 Å². The zero-order valence-corrected chi connectivity index (χ0v) is 20.2. The van der Waals surface area contributed by atoms with E-state index in [4.69, 9.17) is 23.2 Å². The third kappa shape index (κ3) is 3.34. The molecule has 5 nitrogen and oxygen atoms in total. The van der Waals surface area contributed by atoms with Crippen molar-refractivity contribution in [3.8, 4) is 0 Å². The number of hydrogen-bond donors (Lipinski definition) is 2. The van der Waals surface area contributed by atoms with Crippen LogP contribution in [0.3, 0.4) is 0 Å². The number of ketones is 1. The number of aliphatic hydroxyl groups is 1. The Labute approximate surface area is 208 Å². The lowest BCUT2D eigenvalue weighted by molar-refractivity contribution is -0.137. The van der Waals surface area contributed by atoms with Crippen LogP contribution in [0.2, 0.25) is 10.0 Å². The second kappa shape index (κ2) is 8.42. The predicted octanol–water partition coefficient (Wildman–Crippen LogP) is 5.92. The molecule has 0 aliphatic carbocycles. The highest BCUT2D eigenvalue weighted by molar-refractivity contribution is 6.34. The minimum atomic E-state index is -2.01. The van der Waals surface area contributed by atoms with E-state index in [1.54, 1.807) is 41.3 Å². The second-order valence-electron chi connectivity index (χ2n) is 8.92. The number of nitrogens with zero attached hydrogens (tertiary/aromatic N) is 1. The topological polar surface area (TPSA) is 69.6 Å². The van der Waals surface area contributed by atoms with E-state index in [1.165, 1.54) is 0 Å². The van der Waals surface area contributed by atoms with Gasteiger partial charge in [-0.3, -0.25) is 14.5 Å². The highest BCUT2D eigenvalue weighted by atomic mass is 35.5. The van der Waals surface area contributed by atoms with E-state index < -0.39 is 29.3 Å². The minimum Gasteiger partial charge on any atom is -0.382 e. The lowest BCUT2D eigenvalue weighted by Gasteiger charge is -2.40. The van der Waals surface area contributed by atoms with Crippen LogP contribution >= 0.6 is 23.2 Å². The molecule has 2 heterocycles. The van der Waals surface area contributed by atoms with Crippen molar-refractivity contribution in [2.24, 2.45) is 0 Å². The summed E-state index contributed by atoms with van der Waals surface area (Å²) in [6.45, 7) is 2.54. The molecular formula is C27H24Cl2N2O3. The molecule has 2 aliphatic rings. The Hall–Kier alpha value is -2.86. The molecule has 0 fully saturated rings. The molecular weight excluding hydrogens is 471 g/mol.